The van der Waals surface area contributed by atoms with Crippen molar-refractivity contribution in [1.29, 1.82) is 0 Å². The summed E-state index contributed by atoms with van der Waals surface area (Å²) in [7, 11) is -3.71. The Kier molecular flexibility index (Phi) is 5.85. The van der Waals surface area contributed by atoms with Crippen molar-refractivity contribution in [3.05, 3.63) is 63.2 Å². The number of nitrogens with one attached hydrogen (secondary N) is 1. The zero-order valence-corrected chi connectivity index (χ0v) is 16.3. The predicted octanol–water partition coefficient (Wildman–Crippen LogP) is 2.92. The van der Waals surface area contributed by atoms with E-state index < -0.39 is 27.4 Å². The Labute approximate surface area is 158 Å². The number of hydrogen-bond donors (Lipinski definition) is 1. The van der Waals surface area contributed by atoms with Crippen LogP contribution in [0, 0.1) is 30.9 Å². The number of anilines is 2. The van der Waals surface area contributed by atoms with E-state index in [-0.39, 0.29) is 11.4 Å². The Morgan fingerprint density at radius 3 is 2.33 bits per heavy atom. The molecule has 1 N–H and O–H groups in total. The Balaban J connectivity index is 2.32. The molecule has 2 rings (SSSR count). The van der Waals surface area contributed by atoms with Crippen LogP contribution >= 0.6 is 0 Å². The van der Waals surface area contributed by atoms with Gasteiger partial charge in [0.15, 0.2) is 0 Å². The summed E-state index contributed by atoms with van der Waals surface area (Å²) < 4.78 is 25.5. The molecule has 2 aromatic rings. The molecule has 8 nitrogen and oxygen atoms in total. The summed E-state index contributed by atoms with van der Waals surface area (Å²) in [5, 5.41) is 13.6. The van der Waals surface area contributed by atoms with Gasteiger partial charge in [-0.15, -0.1) is 0 Å². The fourth-order valence-corrected chi connectivity index (χ4v) is 3.57. The smallest absolute Gasteiger partial charge is 0.274 e. The molecule has 0 aliphatic heterocycles. The number of amides is 1. The van der Waals surface area contributed by atoms with Crippen LogP contribution in [0.15, 0.2) is 36.4 Å². The molecular weight excluding hydrogens is 370 g/mol. The summed E-state index contributed by atoms with van der Waals surface area (Å²) in [6.07, 6.45) is 1.03. The number of benzene rings is 2. The number of sulfonamides is 1. The molecule has 0 fully saturated rings. The maximum atomic E-state index is 12.5. The van der Waals surface area contributed by atoms with Crippen LogP contribution in [0.3, 0.4) is 0 Å². The zero-order chi connectivity index (χ0) is 20.4. The molecule has 0 saturated carbocycles. The quantitative estimate of drug-likeness (QED) is 0.601. The highest BCUT2D eigenvalue weighted by molar-refractivity contribution is 7.92. The van der Waals surface area contributed by atoms with Gasteiger partial charge in [-0.3, -0.25) is 19.2 Å². The van der Waals surface area contributed by atoms with E-state index in [0.29, 0.717) is 11.3 Å². The number of nitro groups is 1. The fraction of sp³-hybridized carbons (Fsp3) is 0.278. The van der Waals surface area contributed by atoms with Gasteiger partial charge < -0.3 is 5.32 Å². The van der Waals surface area contributed by atoms with E-state index >= 15 is 0 Å². The second-order valence-corrected chi connectivity index (χ2v) is 8.15. The topological polar surface area (TPSA) is 110 Å². The molecule has 0 aliphatic carbocycles. The number of carbonyl (C=O) groups excluding carboxylic acids is 1. The molecule has 1 amide bonds. The van der Waals surface area contributed by atoms with Gasteiger partial charge in [-0.1, -0.05) is 18.2 Å². The van der Waals surface area contributed by atoms with Crippen molar-refractivity contribution in [3.63, 3.8) is 0 Å². The molecule has 9 heteroatoms. The van der Waals surface area contributed by atoms with E-state index in [0.717, 1.165) is 21.7 Å². The Morgan fingerprint density at radius 2 is 1.74 bits per heavy atom. The lowest BCUT2D eigenvalue weighted by Gasteiger charge is -2.24. The van der Waals surface area contributed by atoms with E-state index in [9.17, 15) is 23.3 Å². The Morgan fingerprint density at radius 1 is 1.11 bits per heavy atom. The molecule has 2 aromatic carbocycles. The molecule has 0 radical (unpaired) electrons. The summed E-state index contributed by atoms with van der Waals surface area (Å²) in [5.74, 6) is -0.593. The first-order chi connectivity index (χ1) is 12.5. The monoisotopic (exact) mass is 391 g/mol. The fourth-order valence-electron chi connectivity index (χ4n) is 2.66. The maximum Gasteiger partial charge on any atom is 0.274 e. The van der Waals surface area contributed by atoms with Gasteiger partial charge in [0, 0.05) is 6.07 Å². The van der Waals surface area contributed by atoms with Gasteiger partial charge in [-0.25, -0.2) is 8.42 Å². The Bertz CT molecular complexity index is 1000. The van der Waals surface area contributed by atoms with Crippen molar-refractivity contribution in [2.24, 2.45) is 0 Å². The van der Waals surface area contributed by atoms with E-state index in [2.05, 4.69) is 5.32 Å². The van der Waals surface area contributed by atoms with Crippen LogP contribution in [0.25, 0.3) is 0 Å². The predicted molar refractivity (Wildman–Crippen MR) is 105 cm³/mol. The highest BCUT2D eigenvalue weighted by atomic mass is 32.2. The third-order valence-electron chi connectivity index (χ3n) is 4.31. The largest absolute Gasteiger partial charge is 0.324 e. The van der Waals surface area contributed by atoms with Crippen molar-refractivity contribution < 1.29 is 18.1 Å². The first kappa shape index (κ1) is 20.4. The SMILES string of the molecule is Cc1cccc(N(CC(=O)Nc2cccc([N+](=O)[O-])c2C)S(C)(=O)=O)c1C. The second-order valence-electron chi connectivity index (χ2n) is 6.24. The lowest BCUT2D eigenvalue weighted by atomic mass is 10.1. The lowest BCUT2D eigenvalue weighted by Crippen LogP contribution is -2.38. The first-order valence-electron chi connectivity index (χ1n) is 8.10. The van der Waals surface area contributed by atoms with Crippen LogP contribution in [-0.2, 0) is 14.8 Å². The van der Waals surface area contributed by atoms with Crippen LogP contribution < -0.4 is 9.62 Å². The van der Waals surface area contributed by atoms with Crippen molar-refractivity contribution in [2.45, 2.75) is 20.8 Å². The average molecular weight is 391 g/mol. The van der Waals surface area contributed by atoms with Crippen molar-refractivity contribution in [1.82, 2.24) is 0 Å². The molecule has 0 bridgehead atoms. The number of aryl methyl sites for hydroxylation is 1. The van der Waals surface area contributed by atoms with E-state index in [4.69, 9.17) is 0 Å². The molecule has 27 heavy (non-hydrogen) atoms. The minimum absolute atomic E-state index is 0.123. The van der Waals surface area contributed by atoms with Crippen LogP contribution in [0.4, 0.5) is 17.1 Å². The van der Waals surface area contributed by atoms with Gasteiger partial charge in [-0.05, 0) is 44.0 Å². The van der Waals surface area contributed by atoms with Crippen LogP contribution in [-0.4, -0.2) is 32.0 Å². The highest BCUT2D eigenvalue weighted by Gasteiger charge is 2.23. The number of hydrogen-bond acceptors (Lipinski definition) is 5. The second kappa shape index (κ2) is 7.75. The summed E-state index contributed by atoms with van der Waals surface area (Å²) in [5.41, 5.74) is 2.51. The highest BCUT2D eigenvalue weighted by Crippen LogP contribution is 2.27. The van der Waals surface area contributed by atoms with Gasteiger partial charge in [0.05, 0.1) is 28.1 Å². The maximum absolute atomic E-state index is 12.5. The van der Waals surface area contributed by atoms with E-state index in [1.165, 1.54) is 25.1 Å². The normalized spacial score (nSPS) is 11.1. The standard InChI is InChI=1S/C18H21N3O5S/c1-12-7-5-9-16(13(12)2)20(27(4,25)26)11-18(22)19-15-8-6-10-17(14(15)3)21(23)24/h5-10H,11H2,1-4H3,(H,19,22). The minimum atomic E-state index is -3.71. The molecule has 0 atom stereocenters. The Hall–Kier alpha value is -2.94. The molecule has 0 saturated heterocycles. The number of carbonyl (C=O) groups is 1. The molecule has 0 spiro atoms. The summed E-state index contributed by atoms with van der Waals surface area (Å²) in [6.45, 7) is 4.72. The molecule has 0 aromatic heterocycles. The number of rotatable bonds is 6. The van der Waals surface area contributed by atoms with Gasteiger partial charge in [-0.2, -0.15) is 0 Å². The average Bonchev–Trinajstić information content (AvgIpc) is 2.56. The summed E-state index contributed by atoms with van der Waals surface area (Å²) in [4.78, 5) is 23.0. The number of nitrogens with zero attached hydrogens (tertiary/aromatic N) is 2. The molecule has 0 aliphatic rings. The molecular formula is C18H21N3O5S. The number of nitro benzene ring substituents is 1. The van der Waals surface area contributed by atoms with Crippen molar-refractivity contribution >= 4 is 33.0 Å². The third-order valence-corrected chi connectivity index (χ3v) is 5.43. The lowest BCUT2D eigenvalue weighted by molar-refractivity contribution is -0.385. The first-order valence-corrected chi connectivity index (χ1v) is 9.95. The third kappa shape index (κ3) is 4.62. The van der Waals surface area contributed by atoms with Crippen molar-refractivity contribution in [2.75, 3.05) is 22.4 Å². The van der Waals surface area contributed by atoms with Gasteiger partial charge in [0.25, 0.3) is 5.69 Å². The molecule has 0 heterocycles. The van der Waals surface area contributed by atoms with E-state index in [1.807, 2.05) is 13.0 Å². The zero-order valence-electron chi connectivity index (χ0n) is 15.5. The minimum Gasteiger partial charge on any atom is -0.324 e. The summed E-state index contributed by atoms with van der Waals surface area (Å²) in [6, 6.07) is 9.53. The van der Waals surface area contributed by atoms with Crippen LogP contribution in [0.5, 0.6) is 0 Å². The summed E-state index contributed by atoms with van der Waals surface area (Å²) >= 11 is 0. The van der Waals surface area contributed by atoms with Gasteiger partial charge in [0.1, 0.15) is 6.54 Å². The van der Waals surface area contributed by atoms with Crippen LogP contribution in [0.2, 0.25) is 0 Å². The van der Waals surface area contributed by atoms with Gasteiger partial charge >= 0.3 is 0 Å². The van der Waals surface area contributed by atoms with Crippen LogP contribution in [0.1, 0.15) is 16.7 Å². The molecule has 144 valence electrons. The van der Waals surface area contributed by atoms with Crippen molar-refractivity contribution in [3.8, 4) is 0 Å². The van der Waals surface area contributed by atoms with E-state index in [1.54, 1.807) is 19.1 Å². The van der Waals surface area contributed by atoms with Gasteiger partial charge in [0.2, 0.25) is 15.9 Å². The molecule has 0 unspecified atom stereocenters.